The standard InChI is InChI=1S/C18H20N2O3/c21-16(19-13-7-2-1-3-8-13)11-6-12-20-17(22)14-9-4-5-10-15(14)18(20)23/h1-5,7-8,14-15H,6,9-12H2,(H,19,21)/t14-,15-/m1/s1. The minimum Gasteiger partial charge on any atom is -0.326 e. The number of imide groups is 1. The van der Waals surface area contributed by atoms with Crippen molar-refractivity contribution in [1.29, 1.82) is 0 Å². The van der Waals surface area contributed by atoms with Gasteiger partial charge < -0.3 is 5.32 Å². The fourth-order valence-corrected chi connectivity index (χ4v) is 3.23. The van der Waals surface area contributed by atoms with Gasteiger partial charge in [0.25, 0.3) is 0 Å². The number of anilines is 1. The summed E-state index contributed by atoms with van der Waals surface area (Å²) in [5.74, 6) is -0.633. The van der Waals surface area contributed by atoms with Crippen molar-refractivity contribution in [3.05, 3.63) is 42.5 Å². The number of amides is 3. The van der Waals surface area contributed by atoms with E-state index < -0.39 is 0 Å². The van der Waals surface area contributed by atoms with Gasteiger partial charge in [-0.3, -0.25) is 19.3 Å². The van der Waals surface area contributed by atoms with Gasteiger partial charge in [-0.1, -0.05) is 30.4 Å². The highest BCUT2D eigenvalue weighted by Gasteiger charge is 2.46. The molecule has 0 radical (unpaired) electrons. The third-order valence-corrected chi connectivity index (χ3v) is 4.44. The number of rotatable bonds is 5. The van der Waals surface area contributed by atoms with Gasteiger partial charge in [0.05, 0.1) is 11.8 Å². The minimum absolute atomic E-state index is 0.0761. The predicted molar refractivity (Wildman–Crippen MR) is 86.4 cm³/mol. The first-order chi connectivity index (χ1) is 11.2. The fourth-order valence-electron chi connectivity index (χ4n) is 3.23. The van der Waals surface area contributed by atoms with Crippen LogP contribution in [-0.2, 0) is 14.4 Å². The number of hydrogen-bond donors (Lipinski definition) is 1. The van der Waals surface area contributed by atoms with Crippen molar-refractivity contribution in [1.82, 2.24) is 4.90 Å². The van der Waals surface area contributed by atoms with Gasteiger partial charge in [-0.2, -0.15) is 0 Å². The van der Waals surface area contributed by atoms with Crippen LogP contribution in [0.4, 0.5) is 5.69 Å². The van der Waals surface area contributed by atoms with E-state index in [9.17, 15) is 14.4 Å². The second-order valence-corrected chi connectivity index (χ2v) is 6.00. The third kappa shape index (κ3) is 3.33. The number of para-hydroxylation sites is 1. The van der Waals surface area contributed by atoms with E-state index in [2.05, 4.69) is 5.32 Å². The largest absolute Gasteiger partial charge is 0.326 e. The average Bonchev–Trinajstić information content (AvgIpc) is 2.81. The van der Waals surface area contributed by atoms with Gasteiger partial charge in [0, 0.05) is 18.7 Å². The Bertz CT molecular complexity index is 613. The van der Waals surface area contributed by atoms with Crippen LogP contribution >= 0.6 is 0 Å². The van der Waals surface area contributed by atoms with Crippen molar-refractivity contribution >= 4 is 23.4 Å². The number of likely N-dealkylation sites (tertiary alicyclic amines) is 1. The van der Waals surface area contributed by atoms with E-state index in [1.807, 2.05) is 42.5 Å². The van der Waals surface area contributed by atoms with E-state index in [1.54, 1.807) is 0 Å². The number of nitrogens with one attached hydrogen (secondary N) is 1. The van der Waals surface area contributed by atoms with Gasteiger partial charge in [0.15, 0.2) is 0 Å². The number of hydrogen-bond acceptors (Lipinski definition) is 3. The van der Waals surface area contributed by atoms with Crippen molar-refractivity contribution < 1.29 is 14.4 Å². The predicted octanol–water partition coefficient (Wildman–Crippen LogP) is 2.36. The molecule has 0 spiro atoms. The molecule has 0 aromatic heterocycles. The first-order valence-electron chi connectivity index (χ1n) is 8.02. The summed E-state index contributed by atoms with van der Waals surface area (Å²) in [6.45, 7) is 0.326. The molecule has 1 saturated heterocycles. The lowest BCUT2D eigenvalue weighted by Crippen LogP contribution is -2.32. The molecule has 0 unspecified atom stereocenters. The van der Waals surface area contributed by atoms with Crippen LogP contribution in [0.3, 0.4) is 0 Å². The summed E-state index contributed by atoms with van der Waals surface area (Å²) in [5.41, 5.74) is 0.753. The Morgan fingerprint density at radius 2 is 1.65 bits per heavy atom. The zero-order chi connectivity index (χ0) is 16.2. The van der Waals surface area contributed by atoms with E-state index in [0.29, 0.717) is 32.2 Å². The number of carbonyl (C=O) groups is 3. The van der Waals surface area contributed by atoms with Gasteiger partial charge in [-0.15, -0.1) is 0 Å². The van der Waals surface area contributed by atoms with Gasteiger partial charge in [-0.05, 0) is 31.4 Å². The summed E-state index contributed by atoms with van der Waals surface area (Å²) in [4.78, 5) is 37.8. The van der Waals surface area contributed by atoms with Crippen LogP contribution in [0.2, 0.25) is 0 Å². The van der Waals surface area contributed by atoms with E-state index in [0.717, 1.165) is 5.69 Å². The number of carbonyl (C=O) groups excluding carboxylic acids is 3. The number of allylic oxidation sites excluding steroid dienone is 2. The molecule has 1 heterocycles. The maximum absolute atomic E-state index is 12.3. The lowest BCUT2D eigenvalue weighted by molar-refractivity contribution is -0.140. The molecule has 0 saturated carbocycles. The normalized spacial score (nSPS) is 23.0. The molecular weight excluding hydrogens is 292 g/mol. The van der Waals surface area contributed by atoms with Crippen molar-refractivity contribution in [2.75, 3.05) is 11.9 Å². The molecule has 1 aromatic rings. The lowest BCUT2D eigenvalue weighted by Gasteiger charge is -2.14. The van der Waals surface area contributed by atoms with E-state index in [-0.39, 0.29) is 29.6 Å². The summed E-state index contributed by atoms with van der Waals surface area (Å²) in [7, 11) is 0. The molecule has 2 aliphatic rings. The summed E-state index contributed by atoms with van der Waals surface area (Å²) in [6, 6.07) is 9.24. The molecule has 1 fully saturated rings. The van der Waals surface area contributed by atoms with Crippen LogP contribution in [0.15, 0.2) is 42.5 Å². The molecule has 120 valence electrons. The zero-order valence-corrected chi connectivity index (χ0v) is 12.9. The van der Waals surface area contributed by atoms with Crippen molar-refractivity contribution in [3.63, 3.8) is 0 Å². The van der Waals surface area contributed by atoms with Crippen molar-refractivity contribution in [2.24, 2.45) is 11.8 Å². The van der Waals surface area contributed by atoms with E-state index in [4.69, 9.17) is 0 Å². The molecule has 3 amide bonds. The zero-order valence-electron chi connectivity index (χ0n) is 12.9. The molecule has 1 aromatic carbocycles. The molecule has 5 nitrogen and oxygen atoms in total. The first kappa shape index (κ1) is 15.5. The summed E-state index contributed by atoms with van der Waals surface area (Å²) < 4.78 is 0. The maximum Gasteiger partial charge on any atom is 0.233 e. The van der Waals surface area contributed by atoms with E-state index in [1.165, 1.54) is 4.90 Å². The van der Waals surface area contributed by atoms with Crippen LogP contribution in [0, 0.1) is 11.8 Å². The third-order valence-electron chi connectivity index (χ3n) is 4.44. The fraction of sp³-hybridized carbons (Fsp3) is 0.389. The maximum atomic E-state index is 12.3. The van der Waals surface area contributed by atoms with Gasteiger partial charge in [0.2, 0.25) is 17.7 Å². The van der Waals surface area contributed by atoms with Crippen molar-refractivity contribution in [3.8, 4) is 0 Å². The van der Waals surface area contributed by atoms with Crippen LogP contribution in [-0.4, -0.2) is 29.2 Å². The van der Waals surface area contributed by atoms with E-state index >= 15 is 0 Å². The molecule has 3 rings (SSSR count). The molecule has 23 heavy (non-hydrogen) atoms. The first-order valence-corrected chi connectivity index (χ1v) is 8.02. The monoisotopic (exact) mass is 312 g/mol. The Morgan fingerprint density at radius 1 is 1.04 bits per heavy atom. The Kier molecular flexibility index (Phi) is 4.55. The highest BCUT2D eigenvalue weighted by Crippen LogP contribution is 2.35. The minimum atomic E-state index is -0.189. The topological polar surface area (TPSA) is 66.5 Å². The molecule has 5 heteroatoms. The van der Waals surface area contributed by atoms with Gasteiger partial charge >= 0.3 is 0 Å². The Labute approximate surface area is 135 Å². The Morgan fingerprint density at radius 3 is 2.26 bits per heavy atom. The number of benzene rings is 1. The van der Waals surface area contributed by atoms with Crippen LogP contribution in [0.5, 0.6) is 0 Å². The number of fused-ring (bicyclic) bond motifs is 1. The summed E-state index contributed by atoms with van der Waals surface area (Å²) in [6.07, 6.45) is 6.04. The summed E-state index contributed by atoms with van der Waals surface area (Å²) in [5, 5.41) is 2.80. The molecule has 0 bridgehead atoms. The smallest absolute Gasteiger partial charge is 0.233 e. The summed E-state index contributed by atoms with van der Waals surface area (Å²) >= 11 is 0. The highest BCUT2D eigenvalue weighted by molar-refractivity contribution is 6.05. The van der Waals surface area contributed by atoms with Crippen LogP contribution in [0.1, 0.15) is 25.7 Å². The lowest BCUT2D eigenvalue weighted by atomic mass is 9.85. The average molecular weight is 312 g/mol. The van der Waals surface area contributed by atoms with Crippen LogP contribution in [0.25, 0.3) is 0 Å². The Hall–Kier alpha value is -2.43. The second-order valence-electron chi connectivity index (χ2n) is 6.00. The Balaban J connectivity index is 1.48. The highest BCUT2D eigenvalue weighted by atomic mass is 16.2. The molecule has 1 aliphatic heterocycles. The van der Waals surface area contributed by atoms with Crippen LogP contribution < -0.4 is 5.32 Å². The quantitative estimate of drug-likeness (QED) is 0.670. The number of nitrogens with zero attached hydrogens (tertiary/aromatic N) is 1. The van der Waals surface area contributed by atoms with Gasteiger partial charge in [0.1, 0.15) is 0 Å². The van der Waals surface area contributed by atoms with Crippen molar-refractivity contribution in [2.45, 2.75) is 25.7 Å². The molecule has 1 aliphatic carbocycles. The second kappa shape index (κ2) is 6.77. The SMILES string of the molecule is O=C(CCCN1C(=O)[C@@H]2CC=CC[C@H]2C1=O)Nc1ccccc1. The molecular formula is C18H20N2O3. The van der Waals surface area contributed by atoms with Gasteiger partial charge in [-0.25, -0.2) is 0 Å². The molecule has 2 atom stereocenters. The molecule has 1 N–H and O–H groups in total.